The van der Waals surface area contributed by atoms with Crippen LogP contribution in [0.15, 0.2) is 0 Å². The Balaban J connectivity index is 4.09. The van der Waals surface area contributed by atoms with Crippen molar-refractivity contribution in [1.82, 2.24) is 0 Å². The van der Waals surface area contributed by atoms with Crippen molar-refractivity contribution in [2.75, 3.05) is 27.2 Å². The van der Waals surface area contributed by atoms with Gasteiger partial charge in [0.25, 0.3) is 0 Å². The molecule has 0 saturated carbocycles. The first-order valence-corrected chi connectivity index (χ1v) is 6.40. The maximum Gasteiger partial charge on any atom is 0.501 e. The van der Waals surface area contributed by atoms with Gasteiger partial charge in [0, 0.05) is 33.3 Å². The summed E-state index contributed by atoms with van der Waals surface area (Å²) in [4.78, 5) is 0. The summed E-state index contributed by atoms with van der Waals surface area (Å²) in [5, 5.41) is -0.168. The Labute approximate surface area is 84.3 Å². The molecule has 0 aromatic heterocycles. The highest BCUT2D eigenvalue weighted by Gasteiger charge is 2.39. The van der Waals surface area contributed by atoms with Crippen molar-refractivity contribution in [3.8, 4) is 0 Å². The molecule has 0 aliphatic carbocycles. The van der Waals surface area contributed by atoms with Gasteiger partial charge in [-0.3, -0.25) is 0 Å². The number of rotatable bonds is 6. The van der Waals surface area contributed by atoms with E-state index in [0.717, 1.165) is 0 Å². The first kappa shape index (κ1) is 12.7. The lowest BCUT2D eigenvalue weighted by atomic mass is 10.6. The fraction of sp³-hybridized carbons (Fsp3) is 1.00. The van der Waals surface area contributed by atoms with Crippen molar-refractivity contribution in [2.45, 2.75) is 11.4 Å². The van der Waals surface area contributed by atoms with Gasteiger partial charge in [-0.2, -0.15) is 0 Å². The second-order valence-electron chi connectivity index (χ2n) is 2.25. The summed E-state index contributed by atoms with van der Waals surface area (Å²) in [5.74, 6) is 0.367. The van der Waals surface area contributed by atoms with Gasteiger partial charge in [0.1, 0.15) is 0 Å². The molecular formula is C6H14Cl2O3Si. The first-order chi connectivity index (χ1) is 5.64. The summed E-state index contributed by atoms with van der Waals surface area (Å²) in [6.07, 6.45) is 0. The van der Waals surface area contributed by atoms with Gasteiger partial charge in [0.15, 0.2) is 0 Å². The molecule has 0 radical (unpaired) electrons. The van der Waals surface area contributed by atoms with E-state index in [9.17, 15) is 0 Å². The van der Waals surface area contributed by atoms with E-state index in [1.807, 2.05) is 0 Å². The van der Waals surface area contributed by atoms with Gasteiger partial charge < -0.3 is 13.3 Å². The molecule has 0 aromatic rings. The van der Waals surface area contributed by atoms with Crippen LogP contribution in [0.25, 0.3) is 0 Å². The predicted molar refractivity (Wildman–Crippen MR) is 51.9 cm³/mol. The lowest BCUT2D eigenvalue weighted by molar-refractivity contribution is 0.124. The minimum Gasteiger partial charge on any atom is -0.377 e. The zero-order chi connectivity index (χ0) is 9.61. The highest BCUT2D eigenvalue weighted by Crippen LogP contribution is 2.19. The third-order valence-electron chi connectivity index (χ3n) is 1.57. The number of hydrogen-bond acceptors (Lipinski definition) is 3. The van der Waals surface area contributed by atoms with Gasteiger partial charge in [-0.05, 0) is 0 Å². The Kier molecular flexibility index (Phi) is 6.53. The molecule has 0 aliphatic heterocycles. The molecule has 0 heterocycles. The maximum absolute atomic E-state index is 5.85. The van der Waals surface area contributed by atoms with E-state index in [1.165, 1.54) is 0 Å². The van der Waals surface area contributed by atoms with Crippen LogP contribution in [0.2, 0.25) is 6.04 Å². The van der Waals surface area contributed by atoms with Crippen LogP contribution in [0.4, 0.5) is 0 Å². The van der Waals surface area contributed by atoms with Crippen LogP contribution in [0.3, 0.4) is 0 Å². The van der Waals surface area contributed by atoms with Crippen LogP contribution < -0.4 is 0 Å². The Morgan fingerprint density at radius 1 is 1.17 bits per heavy atom. The van der Waals surface area contributed by atoms with E-state index in [4.69, 9.17) is 36.5 Å². The first-order valence-electron chi connectivity index (χ1n) is 3.49. The van der Waals surface area contributed by atoms with E-state index in [-0.39, 0.29) is 5.38 Å². The lowest BCUT2D eigenvalue weighted by Crippen LogP contribution is -2.45. The van der Waals surface area contributed by atoms with Crippen molar-refractivity contribution in [1.29, 1.82) is 0 Å². The van der Waals surface area contributed by atoms with Crippen LogP contribution in [0.5, 0.6) is 0 Å². The fourth-order valence-corrected chi connectivity index (χ4v) is 3.37. The fourth-order valence-electron chi connectivity index (χ4n) is 0.826. The lowest BCUT2D eigenvalue weighted by Gasteiger charge is -2.25. The molecule has 0 bridgehead atoms. The summed E-state index contributed by atoms with van der Waals surface area (Å²) in [5.41, 5.74) is 0. The van der Waals surface area contributed by atoms with Gasteiger partial charge in [-0.15, -0.1) is 23.2 Å². The molecule has 74 valence electrons. The largest absolute Gasteiger partial charge is 0.501 e. The third kappa shape index (κ3) is 3.59. The average Bonchev–Trinajstić information content (AvgIpc) is 2.14. The SMILES string of the molecule is CO[Si](CC(Cl)CCl)(OC)OC. The van der Waals surface area contributed by atoms with Crippen molar-refractivity contribution in [3.05, 3.63) is 0 Å². The van der Waals surface area contributed by atoms with Gasteiger partial charge in [0.05, 0.1) is 5.38 Å². The van der Waals surface area contributed by atoms with Gasteiger partial charge in [0.2, 0.25) is 0 Å². The summed E-state index contributed by atoms with van der Waals surface area (Å²) in [6, 6.07) is 0.529. The Hall–Kier alpha value is 0.677. The summed E-state index contributed by atoms with van der Waals surface area (Å²) in [7, 11) is 2.14. The maximum atomic E-state index is 5.85. The summed E-state index contributed by atoms with van der Waals surface area (Å²) < 4.78 is 15.5. The molecule has 0 N–H and O–H groups in total. The molecule has 1 unspecified atom stereocenters. The molecule has 0 aliphatic rings. The molecule has 6 heteroatoms. The Morgan fingerprint density at radius 2 is 1.58 bits per heavy atom. The standard InChI is InChI=1S/C6H14Cl2O3Si/c1-9-12(10-2,11-3)5-6(8)4-7/h6H,4-5H2,1-3H3. The van der Waals surface area contributed by atoms with Crippen LogP contribution in [-0.2, 0) is 13.3 Å². The quantitative estimate of drug-likeness (QED) is 0.516. The molecule has 0 aromatic carbocycles. The average molecular weight is 233 g/mol. The Morgan fingerprint density at radius 3 is 1.83 bits per heavy atom. The molecule has 0 saturated heterocycles. The highest BCUT2D eigenvalue weighted by molar-refractivity contribution is 6.61. The number of hydrogen-bond donors (Lipinski definition) is 0. The van der Waals surface area contributed by atoms with E-state index in [1.54, 1.807) is 21.3 Å². The molecule has 0 rings (SSSR count). The van der Waals surface area contributed by atoms with E-state index < -0.39 is 8.80 Å². The minimum atomic E-state index is -2.52. The van der Waals surface area contributed by atoms with Gasteiger partial charge in [-0.25, -0.2) is 0 Å². The monoisotopic (exact) mass is 232 g/mol. The topological polar surface area (TPSA) is 27.7 Å². The molecule has 0 fully saturated rings. The highest BCUT2D eigenvalue weighted by atomic mass is 35.5. The van der Waals surface area contributed by atoms with Crippen molar-refractivity contribution in [3.63, 3.8) is 0 Å². The summed E-state index contributed by atoms with van der Waals surface area (Å²) >= 11 is 11.4. The number of alkyl halides is 2. The minimum absolute atomic E-state index is 0.168. The van der Waals surface area contributed by atoms with Crippen molar-refractivity contribution >= 4 is 32.0 Å². The smallest absolute Gasteiger partial charge is 0.377 e. The molecule has 12 heavy (non-hydrogen) atoms. The van der Waals surface area contributed by atoms with Crippen LogP contribution in [0, 0.1) is 0 Å². The van der Waals surface area contributed by atoms with E-state index in [2.05, 4.69) is 0 Å². The molecule has 0 amide bonds. The van der Waals surface area contributed by atoms with E-state index in [0.29, 0.717) is 11.9 Å². The molecule has 3 nitrogen and oxygen atoms in total. The zero-order valence-corrected chi connectivity index (χ0v) is 9.98. The molecule has 0 spiro atoms. The zero-order valence-electron chi connectivity index (χ0n) is 7.47. The van der Waals surface area contributed by atoms with Gasteiger partial charge >= 0.3 is 8.80 Å². The normalized spacial score (nSPS) is 14.8. The van der Waals surface area contributed by atoms with Crippen LogP contribution in [0.1, 0.15) is 0 Å². The predicted octanol–water partition coefficient (Wildman–Crippen LogP) is 1.71. The van der Waals surface area contributed by atoms with Gasteiger partial charge in [-0.1, -0.05) is 0 Å². The van der Waals surface area contributed by atoms with Crippen molar-refractivity contribution < 1.29 is 13.3 Å². The molecule has 1 atom stereocenters. The van der Waals surface area contributed by atoms with Crippen LogP contribution in [-0.4, -0.2) is 41.4 Å². The summed E-state index contributed by atoms with van der Waals surface area (Å²) in [6.45, 7) is 0. The van der Waals surface area contributed by atoms with E-state index >= 15 is 0 Å². The number of halogens is 2. The van der Waals surface area contributed by atoms with Crippen LogP contribution >= 0.6 is 23.2 Å². The second kappa shape index (κ2) is 6.18. The third-order valence-corrected chi connectivity index (χ3v) is 5.53. The molecular weight excluding hydrogens is 219 g/mol. The van der Waals surface area contributed by atoms with Crippen molar-refractivity contribution in [2.24, 2.45) is 0 Å². The second-order valence-corrected chi connectivity index (χ2v) is 6.18. The Bertz CT molecular complexity index is 113.